The molecule has 0 saturated carbocycles. The van der Waals surface area contributed by atoms with Gasteiger partial charge in [-0.05, 0) is 12.1 Å². The second kappa shape index (κ2) is 6.92. The van der Waals surface area contributed by atoms with E-state index in [0.29, 0.717) is 5.69 Å². The highest BCUT2D eigenvalue weighted by Crippen LogP contribution is 2.22. The van der Waals surface area contributed by atoms with Crippen molar-refractivity contribution in [3.05, 3.63) is 50.8 Å². The van der Waals surface area contributed by atoms with Gasteiger partial charge in [0.1, 0.15) is 16.8 Å². The summed E-state index contributed by atoms with van der Waals surface area (Å²) < 4.78 is 5.71. The van der Waals surface area contributed by atoms with Crippen LogP contribution in [0.2, 0.25) is 5.15 Å². The lowest BCUT2D eigenvalue weighted by atomic mass is 10.2. The minimum Gasteiger partial charge on any atom is -0.465 e. The molecular weight excluding hydrogens is 368 g/mol. The number of nitriles is 1. The Bertz CT molecular complexity index is 1070. The number of H-pyrrole nitrogens is 1. The van der Waals surface area contributed by atoms with Gasteiger partial charge in [-0.3, -0.25) is 4.98 Å². The normalized spacial score (nSPS) is 10.6. The average Bonchev–Trinajstić information content (AvgIpc) is 3.03. The van der Waals surface area contributed by atoms with E-state index in [2.05, 4.69) is 20.1 Å². The number of hydrogen-bond acceptors (Lipinski definition) is 8. The molecule has 3 rings (SSSR count). The Morgan fingerprint density at radius 1 is 1.48 bits per heavy atom. The molecule has 0 bridgehead atoms. The summed E-state index contributed by atoms with van der Waals surface area (Å²) in [7, 11) is 1.27. The van der Waals surface area contributed by atoms with Crippen molar-refractivity contribution >= 4 is 35.0 Å². The molecule has 25 heavy (non-hydrogen) atoms. The molecule has 11 heteroatoms. The topological polar surface area (TPSA) is 126 Å². The molecule has 0 fully saturated rings. The van der Waals surface area contributed by atoms with Gasteiger partial charge in [-0.1, -0.05) is 23.4 Å². The number of rotatable bonds is 4. The maximum Gasteiger partial charge on any atom is 0.350 e. The molecular formula is C14H9ClN6O3S. The first kappa shape index (κ1) is 16.9. The molecule has 0 unspecified atom stereocenters. The third-order valence-electron chi connectivity index (χ3n) is 3.17. The van der Waals surface area contributed by atoms with Crippen LogP contribution >= 0.6 is 23.4 Å². The molecule has 0 amide bonds. The van der Waals surface area contributed by atoms with E-state index >= 15 is 0 Å². The summed E-state index contributed by atoms with van der Waals surface area (Å²) in [4.78, 5) is 34.7. The molecule has 1 N–H and O–H groups in total. The molecule has 0 aliphatic carbocycles. The number of fused-ring (bicyclic) bond motifs is 1. The van der Waals surface area contributed by atoms with Crippen molar-refractivity contribution in [3.8, 4) is 6.07 Å². The van der Waals surface area contributed by atoms with Crippen molar-refractivity contribution in [2.75, 3.05) is 7.11 Å². The van der Waals surface area contributed by atoms with Crippen LogP contribution in [0.5, 0.6) is 0 Å². The Hall–Kier alpha value is -2.90. The van der Waals surface area contributed by atoms with Gasteiger partial charge in [0.25, 0.3) is 0 Å². The smallest absolute Gasteiger partial charge is 0.350 e. The van der Waals surface area contributed by atoms with Crippen molar-refractivity contribution < 1.29 is 9.53 Å². The number of pyridine rings is 1. The fourth-order valence-corrected chi connectivity index (χ4v) is 3.00. The zero-order valence-electron chi connectivity index (χ0n) is 12.7. The minimum atomic E-state index is -0.542. The molecule has 3 heterocycles. The van der Waals surface area contributed by atoms with E-state index < -0.39 is 11.7 Å². The number of carbonyl (C=O) groups excluding carboxylic acids is 1. The number of aromatic nitrogens is 5. The zero-order chi connectivity index (χ0) is 18.0. The Morgan fingerprint density at radius 2 is 2.28 bits per heavy atom. The molecule has 9 nitrogen and oxygen atoms in total. The van der Waals surface area contributed by atoms with Crippen LogP contribution in [0.4, 0.5) is 0 Å². The summed E-state index contributed by atoms with van der Waals surface area (Å²) in [6.45, 7) is 0. The van der Waals surface area contributed by atoms with E-state index in [0.717, 1.165) is 16.3 Å². The van der Waals surface area contributed by atoms with E-state index in [9.17, 15) is 9.59 Å². The summed E-state index contributed by atoms with van der Waals surface area (Å²) in [6, 6.07) is 4.92. The molecule has 0 aliphatic rings. The number of methoxy groups -OCH3 is 1. The fraction of sp³-hybridized carbons (Fsp3) is 0.143. The van der Waals surface area contributed by atoms with Crippen LogP contribution < -0.4 is 5.69 Å². The van der Waals surface area contributed by atoms with Gasteiger partial charge >= 0.3 is 11.7 Å². The van der Waals surface area contributed by atoms with Crippen LogP contribution in [0.25, 0.3) is 5.65 Å². The Balaban J connectivity index is 1.93. The third-order valence-corrected chi connectivity index (χ3v) is 4.26. The average molecular weight is 377 g/mol. The number of thioether (sulfide) groups is 1. The summed E-state index contributed by atoms with van der Waals surface area (Å²) in [6.07, 6.45) is 1.26. The van der Waals surface area contributed by atoms with E-state index in [1.807, 2.05) is 6.07 Å². The number of nitrogens with one attached hydrogen (secondary N) is 1. The van der Waals surface area contributed by atoms with Crippen LogP contribution in [-0.2, 0) is 10.5 Å². The van der Waals surface area contributed by atoms with Gasteiger partial charge in [-0.2, -0.15) is 14.9 Å². The second-order valence-corrected chi connectivity index (χ2v) is 6.01. The molecule has 3 aromatic heterocycles. The summed E-state index contributed by atoms with van der Waals surface area (Å²) in [5, 5.41) is 13.3. The summed E-state index contributed by atoms with van der Waals surface area (Å²) >= 11 is 7.01. The number of halogens is 1. The number of esters is 1. The van der Waals surface area contributed by atoms with Gasteiger partial charge in [-0.15, -0.1) is 0 Å². The number of nitrogens with zero attached hydrogens (tertiary/aromatic N) is 5. The maximum absolute atomic E-state index is 12.0. The molecule has 0 saturated heterocycles. The number of aromatic amines is 1. The van der Waals surface area contributed by atoms with Gasteiger partial charge < -0.3 is 4.74 Å². The molecule has 0 aliphatic heterocycles. The standard InChI is InChI=1S/C14H9ClN6O3S/c1-24-12(22)8-2-3-10(15)18-9(8)6-25-13-19-11-7(4-16)5-17-21(11)14(23)20-13/h2-3,5H,6H2,1H3,(H,19,20,23). The monoisotopic (exact) mass is 376 g/mol. The first-order chi connectivity index (χ1) is 12.0. The summed E-state index contributed by atoms with van der Waals surface area (Å²) in [5.41, 5.74) is 0.470. The maximum atomic E-state index is 12.0. The van der Waals surface area contributed by atoms with Gasteiger partial charge in [-0.25, -0.2) is 19.6 Å². The zero-order valence-corrected chi connectivity index (χ0v) is 14.3. The third kappa shape index (κ3) is 3.33. The number of carbonyl (C=O) groups is 1. The SMILES string of the molecule is COC(=O)c1ccc(Cl)nc1CSc1nc2c(C#N)cnn2c(=O)[nH]1. The lowest BCUT2D eigenvalue weighted by Crippen LogP contribution is -2.19. The molecule has 0 aromatic carbocycles. The lowest BCUT2D eigenvalue weighted by Gasteiger charge is -2.07. The lowest BCUT2D eigenvalue weighted by molar-refractivity contribution is 0.0599. The van der Waals surface area contributed by atoms with Gasteiger partial charge in [0.05, 0.1) is 24.6 Å². The van der Waals surface area contributed by atoms with E-state index in [1.54, 1.807) is 0 Å². The van der Waals surface area contributed by atoms with Crippen LogP contribution in [0.15, 0.2) is 28.3 Å². The van der Waals surface area contributed by atoms with E-state index in [-0.39, 0.29) is 32.8 Å². The van der Waals surface area contributed by atoms with E-state index in [1.165, 1.54) is 25.4 Å². The highest BCUT2D eigenvalue weighted by Gasteiger charge is 2.16. The van der Waals surface area contributed by atoms with Crippen molar-refractivity contribution in [2.24, 2.45) is 0 Å². The largest absolute Gasteiger partial charge is 0.465 e. The van der Waals surface area contributed by atoms with Crippen molar-refractivity contribution in [3.63, 3.8) is 0 Å². The highest BCUT2D eigenvalue weighted by atomic mass is 35.5. The van der Waals surface area contributed by atoms with Crippen LogP contribution in [-0.4, -0.2) is 37.6 Å². The Labute approximate surface area is 149 Å². The van der Waals surface area contributed by atoms with Crippen LogP contribution in [0.1, 0.15) is 21.6 Å². The van der Waals surface area contributed by atoms with Crippen LogP contribution in [0, 0.1) is 11.3 Å². The molecule has 126 valence electrons. The number of hydrogen-bond donors (Lipinski definition) is 1. The predicted octanol–water partition coefficient (Wildman–Crippen LogP) is 1.42. The minimum absolute atomic E-state index is 0.154. The van der Waals surface area contributed by atoms with E-state index in [4.69, 9.17) is 21.6 Å². The molecule has 0 atom stereocenters. The first-order valence-corrected chi connectivity index (χ1v) is 8.14. The Morgan fingerprint density at radius 3 is 3.00 bits per heavy atom. The first-order valence-electron chi connectivity index (χ1n) is 6.78. The van der Waals surface area contributed by atoms with Gasteiger partial charge in [0, 0.05) is 5.75 Å². The van der Waals surface area contributed by atoms with Crippen LogP contribution in [0.3, 0.4) is 0 Å². The predicted molar refractivity (Wildman–Crippen MR) is 88.5 cm³/mol. The molecule has 0 radical (unpaired) electrons. The fourth-order valence-electron chi connectivity index (χ4n) is 2.03. The Kier molecular flexibility index (Phi) is 4.69. The van der Waals surface area contributed by atoms with Crippen molar-refractivity contribution in [2.45, 2.75) is 10.9 Å². The number of ether oxygens (including phenoxy) is 1. The van der Waals surface area contributed by atoms with Crippen molar-refractivity contribution in [1.82, 2.24) is 24.6 Å². The quantitative estimate of drug-likeness (QED) is 0.411. The highest BCUT2D eigenvalue weighted by molar-refractivity contribution is 7.98. The molecule has 3 aromatic rings. The van der Waals surface area contributed by atoms with Crippen molar-refractivity contribution in [1.29, 1.82) is 5.26 Å². The van der Waals surface area contributed by atoms with Gasteiger partial charge in [0.15, 0.2) is 10.8 Å². The second-order valence-electron chi connectivity index (χ2n) is 4.66. The van der Waals surface area contributed by atoms with Gasteiger partial charge in [0.2, 0.25) is 0 Å². The summed E-state index contributed by atoms with van der Waals surface area (Å²) in [5.74, 6) is -0.334. The molecule has 0 spiro atoms.